The zero-order valence-electron chi connectivity index (χ0n) is 12.8. The molecule has 3 heteroatoms. The Labute approximate surface area is 127 Å². The lowest BCUT2D eigenvalue weighted by atomic mass is 10.1. The highest BCUT2D eigenvalue weighted by molar-refractivity contribution is 5.82. The van der Waals surface area contributed by atoms with E-state index in [9.17, 15) is 9.59 Å². The maximum Gasteiger partial charge on any atom is 0.303 e. The van der Waals surface area contributed by atoms with Crippen molar-refractivity contribution in [2.75, 3.05) is 0 Å². The van der Waals surface area contributed by atoms with E-state index in [1.54, 1.807) is 0 Å². The molecule has 0 heterocycles. The Morgan fingerprint density at radius 2 is 1.43 bits per heavy atom. The van der Waals surface area contributed by atoms with E-state index < -0.39 is 5.97 Å². The molecule has 21 heavy (non-hydrogen) atoms. The maximum atomic E-state index is 11.3. The summed E-state index contributed by atoms with van der Waals surface area (Å²) in [6.45, 7) is 2.10. The summed E-state index contributed by atoms with van der Waals surface area (Å²) in [5.74, 6) is -0.858. The van der Waals surface area contributed by atoms with Gasteiger partial charge in [-0.15, -0.1) is 0 Å². The molecular formula is C18H26O3. The first-order chi connectivity index (χ1) is 10.2. The molecule has 0 bridgehead atoms. The highest BCUT2D eigenvalue weighted by atomic mass is 16.4. The Kier molecular flexibility index (Phi) is 13.2. The summed E-state index contributed by atoms with van der Waals surface area (Å²) in [4.78, 5) is 21.6. The highest BCUT2D eigenvalue weighted by Crippen LogP contribution is 2.04. The molecule has 0 amide bonds. The molecule has 0 aromatic heterocycles. The number of allylic oxidation sites excluding steroid dienone is 8. The molecule has 0 atom stereocenters. The number of unbranched alkanes of at least 4 members (excludes halogenated alkanes) is 2. The number of carbonyl (C=O) groups excluding carboxylic acids is 1. The number of carbonyl (C=O) groups is 2. The van der Waals surface area contributed by atoms with E-state index in [1.807, 2.05) is 36.5 Å². The van der Waals surface area contributed by atoms with Crippen molar-refractivity contribution >= 4 is 11.8 Å². The van der Waals surface area contributed by atoms with Gasteiger partial charge in [0.1, 0.15) is 5.78 Å². The van der Waals surface area contributed by atoms with Crippen LogP contribution < -0.4 is 0 Å². The van der Waals surface area contributed by atoms with Crippen LogP contribution in [0.25, 0.3) is 0 Å². The van der Waals surface area contributed by atoms with E-state index in [-0.39, 0.29) is 18.6 Å². The monoisotopic (exact) mass is 290 g/mol. The second kappa shape index (κ2) is 14.5. The number of carboxylic acids is 1. The predicted molar refractivity (Wildman–Crippen MR) is 87.2 cm³/mol. The number of rotatable bonds is 12. The van der Waals surface area contributed by atoms with Gasteiger partial charge in [0.25, 0.3) is 0 Å². The Bertz CT molecular complexity index is 401. The molecule has 3 nitrogen and oxygen atoms in total. The standard InChI is InChI=1S/C18H26O3/c1-2-3-4-5-6-7-8-9-10-11-12-13-14-17(19)15-16-18(20)21/h3-10H,2,11-16H2,1H3,(H,20,21)/b4-3-,6-5+,8-7-,10-9+. The smallest absolute Gasteiger partial charge is 0.303 e. The minimum Gasteiger partial charge on any atom is -0.481 e. The van der Waals surface area contributed by atoms with Crippen molar-refractivity contribution in [3.63, 3.8) is 0 Å². The van der Waals surface area contributed by atoms with Crippen LogP contribution in [0.1, 0.15) is 51.9 Å². The topological polar surface area (TPSA) is 54.4 Å². The summed E-state index contributed by atoms with van der Waals surface area (Å²) in [5, 5.41) is 8.46. The third-order valence-electron chi connectivity index (χ3n) is 2.76. The normalized spacial score (nSPS) is 12.2. The molecule has 0 aliphatic heterocycles. The fraction of sp³-hybridized carbons (Fsp3) is 0.444. The SMILES string of the molecule is CC\C=C/C=C/C=C\C=C\CCCCC(=O)CCC(=O)O. The van der Waals surface area contributed by atoms with Crippen LogP contribution >= 0.6 is 0 Å². The lowest BCUT2D eigenvalue weighted by molar-refractivity contribution is -0.138. The number of hydrogen-bond donors (Lipinski definition) is 1. The summed E-state index contributed by atoms with van der Waals surface area (Å²) in [6, 6.07) is 0. The first-order valence-corrected chi connectivity index (χ1v) is 7.55. The first kappa shape index (κ1) is 19.1. The van der Waals surface area contributed by atoms with E-state index in [1.165, 1.54) is 0 Å². The van der Waals surface area contributed by atoms with Crippen LogP contribution in [-0.4, -0.2) is 16.9 Å². The average Bonchev–Trinajstić information content (AvgIpc) is 2.46. The molecule has 0 unspecified atom stereocenters. The minimum atomic E-state index is -0.905. The molecule has 0 fully saturated rings. The van der Waals surface area contributed by atoms with Crippen LogP contribution in [-0.2, 0) is 9.59 Å². The van der Waals surface area contributed by atoms with Crippen molar-refractivity contribution in [2.24, 2.45) is 0 Å². The van der Waals surface area contributed by atoms with E-state index >= 15 is 0 Å². The summed E-state index contributed by atoms with van der Waals surface area (Å²) in [7, 11) is 0. The summed E-state index contributed by atoms with van der Waals surface area (Å²) in [5.41, 5.74) is 0. The lowest BCUT2D eigenvalue weighted by Gasteiger charge is -1.97. The molecule has 116 valence electrons. The van der Waals surface area contributed by atoms with Gasteiger partial charge in [-0.1, -0.05) is 55.5 Å². The van der Waals surface area contributed by atoms with Gasteiger partial charge in [-0.25, -0.2) is 0 Å². The number of hydrogen-bond acceptors (Lipinski definition) is 2. The van der Waals surface area contributed by atoms with E-state index in [0.29, 0.717) is 6.42 Å². The molecule has 0 radical (unpaired) electrons. The van der Waals surface area contributed by atoms with Crippen molar-refractivity contribution in [1.82, 2.24) is 0 Å². The molecule has 0 saturated heterocycles. The molecular weight excluding hydrogens is 264 g/mol. The molecule has 0 aliphatic rings. The van der Waals surface area contributed by atoms with Crippen molar-refractivity contribution in [2.45, 2.75) is 51.9 Å². The first-order valence-electron chi connectivity index (χ1n) is 7.55. The van der Waals surface area contributed by atoms with Crippen molar-refractivity contribution in [3.8, 4) is 0 Å². The maximum absolute atomic E-state index is 11.3. The largest absolute Gasteiger partial charge is 0.481 e. The third-order valence-corrected chi connectivity index (χ3v) is 2.76. The van der Waals surface area contributed by atoms with E-state index in [4.69, 9.17) is 5.11 Å². The molecule has 0 aromatic carbocycles. The summed E-state index contributed by atoms with van der Waals surface area (Å²) >= 11 is 0. The fourth-order valence-electron chi connectivity index (χ4n) is 1.60. The molecule has 0 saturated carbocycles. The van der Waals surface area contributed by atoms with Crippen LogP contribution in [0.5, 0.6) is 0 Å². The number of ketones is 1. The van der Waals surface area contributed by atoms with Gasteiger partial charge in [0.15, 0.2) is 0 Å². The van der Waals surface area contributed by atoms with Gasteiger partial charge in [-0.2, -0.15) is 0 Å². The Morgan fingerprint density at radius 3 is 2.05 bits per heavy atom. The zero-order valence-corrected chi connectivity index (χ0v) is 12.8. The van der Waals surface area contributed by atoms with E-state index in [2.05, 4.69) is 19.1 Å². The van der Waals surface area contributed by atoms with Gasteiger partial charge in [0, 0.05) is 12.8 Å². The van der Waals surface area contributed by atoms with Gasteiger partial charge < -0.3 is 5.11 Å². The van der Waals surface area contributed by atoms with Crippen LogP contribution in [0, 0.1) is 0 Å². The van der Waals surface area contributed by atoms with Crippen LogP contribution in [0.2, 0.25) is 0 Å². The summed E-state index contributed by atoms with van der Waals surface area (Å²) in [6.07, 6.45) is 20.5. The molecule has 0 aliphatic carbocycles. The molecule has 0 rings (SSSR count). The van der Waals surface area contributed by atoms with Gasteiger partial charge in [0.05, 0.1) is 6.42 Å². The number of aliphatic carboxylic acids is 1. The Morgan fingerprint density at radius 1 is 0.810 bits per heavy atom. The third kappa shape index (κ3) is 16.0. The average molecular weight is 290 g/mol. The van der Waals surface area contributed by atoms with Crippen LogP contribution in [0.15, 0.2) is 48.6 Å². The summed E-state index contributed by atoms with van der Waals surface area (Å²) < 4.78 is 0. The van der Waals surface area contributed by atoms with Gasteiger partial charge in [-0.05, 0) is 25.7 Å². The molecule has 1 N–H and O–H groups in total. The predicted octanol–water partition coefficient (Wildman–Crippen LogP) is 4.62. The molecule has 0 spiro atoms. The van der Waals surface area contributed by atoms with Crippen molar-refractivity contribution in [3.05, 3.63) is 48.6 Å². The number of carboxylic acid groups (broad SMARTS) is 1. The van der Waals surface area contributed by atoms with Gasteiger partial charge in [0.2, 0.25) is 0 Å². The fourth-order valence-corrected chi connectivity index (χ4v) is 1.60. The lowest BCUT2D eigenvalue weighted by Crippen LogP contribution is -2.02. The van der Waals surface area contributed by atoms with E-state index in [0.717, 1.165) is 25.7 Å². The Balaban J connectivity index is 3.53. The van der Waals surface area contributed by atoms with Crippen molar-refractivity contribution in [1.29, 1.82) is 0 Å². The Hall–Kier alpha value is -1.90. The van der Waals surface area contributed by atoms with Gasteiger partial charge >= 0.3 is 5.97 Å². The van der Waals surface area contributed by atoms with Gasteiger partial charge in [-0.3, -0.25) is 9.59 Å². The number of Topliss-reactive ketones (excluding diaryl/α,β-unsaturated/α-hetero) is 1. The highest BCUT2D eigenvalue weighted by Gasteiger charge is 2.04. The zero-order chi connectivity index (χ0) is 15.8. The molecule has 0 aromatic rings. The van der Waals surface area contributed by atoms with Crippen LogP contribution in [0.4, 0.5) is 0 Å². The quantitative estimate of drug-likeness (QED) is 0.421. The second-order valence-electron chi connectivity index (χ2n) is 4.71. The minimum absolute atomic E-state index is 0.0477. The van der Waals surface area contributed by atoms with Crippen LogP contribution in [0.3, 0.4) is 0 Å². The van der Waals surface area contributed by atoms with Crippen molar-refractivity contribution < 1.29 is 14.7 Å². The second-order valence-corrected chi connectivity index (χ2v) is 4.71.